The van der Waals surface area contributed by atoms with Crippen LogP contribution in [0.25, 0.3) is 0 Å². The van der Waals surface area contributed by atoms with Crippen molar-refractivity contribution >= 4 is 9.53 Å². The van der Waals surface area contributed by atoms with Gasteiger partial charge in [0.15, 0.2) is 0 Å². The number of hydrogen-bond acceptors (Lipinski definition) is 4. The first-order chi connectivity index (χ1) is 8.76. The average molecular weight is 279 g/mol. The second-order valence-corrected chi connectivity index (χ2v) is 5.34. The summed E-state index contributed by atoms with van der Waals surface area (Å²) in [5.41, 5.74) is 0. The third kappa shape index (κ3) is 18.4. The van der Waals surface area contributed by atoms with E-state index in [4.69, 9.17) is 13.3 Å². The van der Waals surface area contributed by atoms with Crippen LogP contribution in [0.15, 0.2) is 0 Å². The second-order valence-electron chi connectivity index (χ2n) is 3.76. The molecule has 0 aliphatic heterocycles. The van der Waals surface area contributed by atoms with Gasteiger partial charge >= 0.3 is 9.53 Å². The summed E-state index contributed by atoms with van der Waals surface area (Å²) in [5.74, 6) is 0. The minimum atomic E-state index is -1.73. The van der Waals surface area contributed by atoms with Gasteiger partial charge in [-0.2, -0.15) is 0 Å². The van der Waals surface area contributed by atoms with Crippen LogP contribution >= 0.6 is 0 Å². The molecule has 0 rings (SSSR count). The summed E-state index contributed by atoms with van der Waals surface area (Å²) in [6, 6.07) is 0. The summed E-state index contributed by atoms with van der Waals surface area (Å²) < 4.78 is 15.7. The van der Waals surface area contributed by atoms with Gasteiger partial charge in [-0.1, -0.05) is 20.3 Å². The Kier molecular flexibility index (Phi) is 22.0. The molecule has 0 saturated heterocycles. The van der Waals surface area contributed by atoms with Crippen LogP contribution in [-0.4, -0.2) is 42.4 Å². The lowest BCUT2D eigenvalue weighted by molar-refractivity contribution is 0.107. The molecule has 5 heteroatoms. The van der Waals surface area contributed by atoms with Crippen molar-refractivity contribution in [3.05, 3.63) is 0 Å². The Morgan fingerprint density at radius 1 is 0.722 bits per heavy atom. The molecule has 0 aliphatic rings. The van der Waals surface area contributed by atoms with Crippen LogP contribution in [0, 0.1) is 0 Å². The van der Waals surface area contributed by atoms with Gasteiger partial charge in [-0.05, 0) is 46.7 Å². The van der Waals surface area contributed by atoms with Gasteiger partial charge < -0.3 is 18.6 Å². The van der Waals surface area contributed by atoms with Gasteiger partial charge in [0.1, 0.15) is 0 Å². The molecule has 1 N–H and O–H groups in total. The molecule has 0 saturated carbocycles. The molecule has 0 atom stereocenters. The maximum absolute atomic E-state index is 5.22. The fourth-order valence-electron chi connectivity index (χ4n) is 1.16. The maximum Gasteiger partial charge on any atom is 0.484 e. The summed E-state index contributed by atoms with van der Waals surface area (Å²) in [5, 5.41) is 3.34. The molecule has 0 unspecified atom stereocenters. The molecule has 0 aromatic rings. The van der Waals surface area contributed by atoms with Crippen molar-refractivity contribution < 1.29 is 13.3 Å². The largest absolute Gasteiger partial charge is 0.484 e. The van der Waals surface area contributed by atoms with Gasteiger partial charge in [0.05, 0.1) is 0 Å². The van der Waals surface area contributed by atoms with Gasteiger partial charge in [-0.15, -0.1) is 0 Å². The molecular formula is C13H33NO3Si. The van der Waals surface area contributed by atoms with E-state index in [9.17, 15) is 0 Å². The van der Waals surface area contributed by atoms with Crippen LogP contribution in [0.5, 0.6) is 0 Å². The van der Waals surface area contributed by atoms with E-state index in [0.29, 0.717) is 19.8 Å². The highest BCUT2D eigenvalue weighted by Crippen LogP contribution is 1.91. The standard InChI is InChI=1S/C7H17N.C6H16O3Si/c1-3-5-7-8-6-4-2;1-4-7-10(8-5-2)9-6-3/h8H,3-7H2,1-2H3;10H,4-6H2,1-3H3. The van der Waals surface area contributed by atoms with E-state index in [-0.39, 0.29) is 0 Å². The maximum atomic E-state index is 5.22. The molecule has 0 bridgehead atoms. The monoisotopic (exact) mass is 279 g/mol. The van der Waals surface area contributed by atoms with Gasteiger partial charge in [0.2, 0.25) is 0 Å². The van der Waals surface area contributed by atoms with E-state index in [1.165, 1.54) is 32.4 Å². The Morgan fingerprint density at radius 3 is 1.56 bits per heavy atom. The van der Waals surface area contributed by atoms with E-state index >= 15 is 0 Å². The Morgan fingerprint density at radius 2 is 1.22 bits per heavy atom. The van der Waals surface area contributed by atoms with Crippen molar-refractivity contribution in [2.75, 3.05) is 32.9 Å². The van der Waals surface area contributed by atoms with Crippen LogP contribution in [-0.2, 0) is 13.3 Å². The third-order valence-corrected chi connectivity index (χ3v) is 3.86. The van der Waals surface area contributed by atoms with Crippen molar-refractivity contribution in [3.63, 3.8) is 0 Å². The lowest BCUT2D eigenvalue weighted by Gasteiger charge is -2.12. The Labute approximate surface area is 115 Å². The van der Waals surface area contributed by atoms with Crippen molar-refractivity contribution in [1.29, 1.82) is 0 Å². The minimum absolute atomic E-state index is 0.677. The SMILES string of the molecule is CCCCNCCC.CCO[SiH](OCC)OCC. The first-order valence-electron chi connectivity index (χ1n) is 7.32. The summed E-state index contributed by atoms with van der Waals surface area (Å²) in [7, 11) is -1.73. The number of rotatable bonds is 11. The summed E-state index contributed by atoms with van der Waals surface area (Å²) in [6.07, 6.45) is 3.88. The van der Waals surface area contributed by atoms with Gasteiger partial charge in [0, 0.05) is 19.8 Å². The molecule has 0 amide bonds. The van der Waals surface area contributed by atoms with Crippen LogP contribution in [0.2, 0.25) is 0 Å². The highest BCUT2D eigenvalue weighted by molar-refractivity contribution is 6.36. The summed E-state index contributed by atoms with van der Waals surface area (Å²) in [6.45, 7) is 14.6. The zero-order valence-electron chi connectivity index (χ0n) is 13.0. The molecule has 0 fully saturated rings. The quantitative estimate of drug-likeness (QED) is 0.466. The van der Waals surface area contributed by atoms with Gasteiger partial charge in [0.25, 0.3) is 0 Å². The molecule has 0 heterocycles. The molecule has 4 nitrogen and oxygen atoms in total. The van der Waals surface area contributed by atoms with Crippen LogP contribution < -0.4 is 5.32 Å². The first-order valence-corrected chi connectivity index (χ1v) is 8.73. The molecule has 0 aromatic carbocycles. The zero-order valence-corrected chi connectivity index (χ0v) is 14.1. The third-order valence-electron chi connectivity index (χ3n) is 2.04. The van der Waals surface area contributed by atoms with Crippen LogP contribution in [0.1, 0.15) is 53.9 Å². The summed E-state index contributed by atoms with van der Waals surface area (Å²) in [4.78, 5) is 0. The van der Waals surface area contributed by atoms with Crippen molar-refractivity contribution in [3.8, 4) is 0 Å². The smallest absolute Gasteiger partial charge is 0.376 e. The minimum Gasteiger partial charge on any atom is -0.376 e. The van der Waals surface area contributed by atoms with Crippen LogP contribution in [0.3, 0.4) is 0 Å². The normalized spacial score (nSPS) is 10.3. The van der Waals surface area contributed by atoms with E-state index in [1.807, 2.05) is 20.8 Å². The lowest BCUT2D eigenvalue weighted by Crippen LogP contribution is -2.27. The van der Waals surface area contributed by atoms with E-state index in [1.54, 1.807) is 0 Å². The van der Waals surface area contributed by atoms with Crippen molar-refractivity contribution in [1.82, 2.24) is 5.32 Å². The first kappa shape index (κ1) is 20.4. The van der Waals surface area contributed by atoms with Gasteiger partial charge in [-0.25, -0.2) is 0 Å². The molecule has 112 valence electrons. The van der Waals surface area contributed by atoms with E-state index < -0.39 is 9.53 Å². The molecule has 0 aliphatic carbocycles. The predicted octanol–water partition coefficient (Wildman–Crippen LogP) is 2.60. The molecule has 0 radical (unpaired) electrons. The number of unbranched alkanes of at least 4 members (excludes halogenated alkanes) is 1. The second kappa shape index (κ2) is 19.4. The molecular weight excluding hydrogens is 246 g/mol. The van der Waals surface area contributed by atoms with Crippen molar-refractivity contribution in [2.24, 2.45) is 0 Å². The number of nitrogens with one attached hydrogen (secondary N) is 1. The van der Waals surface area contributed by atoms with Crippen molar-refractivity contribution in [2.45, 2.75) is 53.9 Å². The predicted molar refractivity (Wildman–Crippen MR) is 80.1 cm³/mol. The Bertz CT molecular complexity index is 119. The molecule has 0 spiro atoms. The highest BCUT2D eigenvalue weighted by Gasteiger charge is 2.11. The summed E-state index contributed by atoms with van der Waals surface area (Å²) >= 11 is 0. The Balaban J connectivity index is 0. The highest BCUT2D eigenvalue weighted by atomic mass is 28.3. The van der Waals surface area contributed by atoms with Gasteiger partial charge in [-0.3, -0.25) is 0 Å². The number of hydrogen-bond donors (Lipinski definition) is 1. The Hall–Kier alpha value is 0.0569. The zero-order chi connectivity index (χ0) is 14.1. The fraction of sp³-hybridized carbons (Fsp3) is 1.00. The van der Waals surface area contributed by atoms with Crippen LogP contribution in [0.4, 0.5) is 0 Å². The molecule has 0 aromatic heterocycles. The average Bonchev–Trinajstić information content (AvgIpc) is 2.37. The van der Waals surface area contributed by atoms with E-state index in [2.05, 4.69) is 19.2 Å². The topological polar surface area (TPSA) is 39.7 Å². The lowest BCUT2D eigenvalue weighted by atomic mass is 10.3. The fourth-order valence-corrected chi connectivity index (χ4v) is 2.26. The molecule has 18 heavy (non-hydrogen) atoms. The van der Waals surface area contributed by atoms with E-state index in [0.717, 1.165) is 0 Å².